The fourth-order valence-corrected chi connectivity index (χ4v) is 3.10. The summed E-state index contributed by atoms with van der Waals surface area (Å²) in [5.74, 6) is 0.775. The molecule has 3 nitrogen and oxygen atoms in total. The SMILES string of the molecule is CC(C)n1ncc(Cl)c1C(N)CC1CCCC1. The topological polar surface area (TPSA) is 43.8 Å². The summed E-state index contributed by atoms with van der Waals surface area (Å²) >= 11 is 6.21. The van der Waals surface area contributed by atoms with Crippen LogP contribution in [0.25, 0.3) is 0 Å². The lowest BCUT2D eigenvalue weighted by Gasteiger charge is -2.20. The molecule has 1 atom stereocenters. The van der Waals surface area contributed by atoms with Crippen molar-refractivity contribution in [2.45, 2.75) is 58.0 Å². The molecule has 2 N–H and O–H groups in total. The molecule has 0 radical (unpaired) electrons. The zero-order valence-corrected chi connectivity index (χ0v) is 11.5. The van der Waals surface area contributed by atoms with Gasteiger partial charge in [-0.3, -0.25) is 4.68 Å². The highest BCUT2D eigenvalue weighted by atomic mass is 35.5. The smallest absolute Gasteiger partial charge is 0.0834 e. The molecule has 1 heterocycles. The molecule has 2 rings (SSSR count). The van der Waals surface area contributed by atoms with Crippen molar-refractivity contribution in [3.8, 4) is 0 Å². The van der Waals surface area contributed by atoms with Crippen molar-refractivity contribution in [1.82, 2.24) is 9.78 Å². The minimum absolute atomic E-state index is 0.0236. The first-order valence-electron chi connectivity index (χ1n) is 6.58. The summed E-state index contributed by atoms with van der Waals surface area (Å²) in [6, 6.07) is 0.336. The average Bonchev–Trinajstić information content (AvgIpc) is 2.86. The average molecular weight is 256 g/mol. The lowest BCUT2D eigenvalue weighted by molar-refractivity contribution is 0.415. The molecule has 1 fully saturated rings. The van der Waals surface area contributed by atoms with E-state index in [0.29, 0.717) is 11.1 Å². The molecule has 1 unspecified atom stereocenters. The third-order valence-electron chi connectivity index (χ3n) is 3.69. The number of hydrogen-bond acceptors (Lipinski definition) is 2. The van der Waals surface area contributed by atoms with Crippen LogP contribution in [0.5, 0.6) is 0 Å². The van der Waals surface area contributed by atoms with Crippen molar-refractivity contribution in [2.75, 3.05) is 0 Å². The summed E-state index contributed by atoms with van der Waals surface area (Å²) in [7, 11) is 0. The van der Waals surface area contributed by atoms with Crippen LogP contribution in [-0.4, -0.2) is 9.78 Å². The van der Waals surface area contributed by atoms with Crippen LogP contribution in [-0.2, 0) is 0 Å². The number of nitrogens with two attached hydrogens (primary N) is 1. The monoisotopic (exact) mass is 255 g/mol. The van der Waals surface area contributed by atoms with Crippen LogP contribution in [0.2, 0.25) is 5.02 Å². The van der Waals surface area contributed by atoms with Gasteiger partial charge in [0.25, 0.3) is 0 Å². The lowest BCUT2D eigenvalue weighted by Crippen LogP contribution is -2.20. The molecule has 0 saturated heterocycles. The van der Waals surface area contributed by atoms with Crippen molar-refractivity contribution in [3.05, 3.63) is 16.9 Å². The van der Waals surface area contributed by atoms with Gasteiger partial charge in [0.05, 0.1) is 16.9 Å². The van der Waals surface area contributed by atoms with Gasteiger partial charge in [-0.2, -0.15) is 5.10 Å². The highest BCUT2D eigenvalue weighted by Gasteiger charge is 2.23. The molecule has 0 aliphatic heterocycles. The maximum atomic E-state index is 6.31. The third kappa shape index (κ3) is 2.83. The van der Waals surface area contributed by atoms with Gasteiger partial charge < -0.3 is 5.73 Å². The van der Waals surface area contributed by atoms with Gasteiger partial charge in [-0.25, -0.2) is 0 Å². The lowest BCUT2D eigenvalue weighted by atomic mass is 9.97. The second-order valence-corrected chi connectivity index (χ2v) is 5.82. The molecule has 0 bridgehead atoms. The minimum atomic E-state index is 0.0236. The maximum Gasteiger partial charge on any atom is 0.0834 e. The van der Waals surface area contributed by atoms with E-state index in [2.05, 4.69) is 18.9 Å². The van der Waals surface area contributed by atoms with Gasteiger partial charge in [0.1, 0.15) is 0 Å². The van der Waals surface area contributed by atoms with Gasteiger partial charge in [-0.15, -0.1) is 0 Å². The zero-order valence-electron chi connectivity index (χ0n) is 10.7. The quantitative estimate of drug-likeness (QED) is 0.892. The van der Waals surface area contributed by atoms with E-state index < -0.39 is 0 Å². The van der Waals surface area contributed by atoms with E-state index in [9.17, 15) is 0 Å². The molecule has 4 heteroatoms. The second kappa shape index (κ2) is 5.40. The van der Waals surface area contributed by atoms with Gasteiger partial charge in [0.2, 0.25) is 0 Å². The Hall–Kier alpha value is -0.540. The fourth-order valence-electron chi connectivity index (χ4n) is 2.83. The number of aromatic nitrogens is 2. The first kappa shape index (κ1) is 12.9. The number of hydrogen-bond donors (Lipinski definition) is 1. The zero-order chi connectivity index (χ0) is 12.4. The molecule has 0 amide bonds. The van der Waals surface area contributed by atoms with E-state index >= 15 is 0 Å². The Bertz CT molecular complexity index is 367. The molecule has 17 heavy (non-hydrogen) atoms. The van der Waals surface area contributed by atoms with Crippen molar-refractivity contribution in [1.29, 1.82) is 0 Å². The summed E-state index contributed by atoms with van der Waals surface area (Å²) in [6.07, 6.45) is 8.11. The summed E-state index contributed by atoms with van der Waals surface area (Å²) in [4.78, 5) is 0. The third-order valence-corrected chi connectivity index (χ3v) is 3.98. The van der Waals surface area contributed by atoms with Crippen LogP contribution < -0.4 is 5.73 Å². The molecular formula is C13H22ClN3. The number of rotatable bonds is 4. The summed E-state index contributed by atoms with van der Waals surface area (Å²) in [5, 5.41) is 5.03. The predicted molar refractivity (Wildman–Crippen MR) is 71.1 cm³/mol. The Balaban J connectivity index is 2.11. The van der Waals surface area contributed by atoms with E-state index in [1.165, 1.54) is 25.7 Å². The van der Waals surface area contributed by atoms with Crippen molar-refractivity contribution < 1.29 is 0 Å². The molecule has 0 spiro atoms. The summed E-state index contributed by atoms with van der Waals surface area (Å²) < 4.78 is 1.96. The van der Waals surface area contributed by atoms with Crippen molar-refractivity contribution in [2.24, 2.45) is 11.7 Å². The molecule has 1 aromatic heterocycles. The largest absolute Gasteiger partial charge is 0.323 e. The van der Waals surface area contributed by atoms with E-state index in [0.717, 1.165) is 18.0 Å². The van der Waals surface area contributed by atoms with Gasteiger partial charge in [-0.1, -0.05) is 37.3 Å². The van der Waals surface area contributed by atoms with Crippen LogP contribution in [0.4, 0.5) is 0 Å². The first-order valence-corrected chi connectivity index (χ1v) is 6.96. The van der Waals surface area contributed by atoms with Crippen LogP contribution in [0, 0.1) is 5.92 Å². The molecule has 1 saturated carbocycles. The van der Waals surface area contributed by atoms with E-state index in [4.69, 9.17) is 17.3 Å². The minimum Gasteiger partial charge on any atom is -0.323 e. The Morgan fingerprint density at radius 3 is 2.71 bits per heavy atom. The number of nitrogens with zero attached hydrogens (tertiary/aromatic N) is 2. The molecular weight excluding hydrogens is 234 g/mol. The van der Waals surface area contributed by atoms with E-state index in [-0.39, 0.29) is 6.04 Å². The molecule has 1 aliphatic rings. The maximum absolute atomic E-state index is 6.31. The fraction of sp³-hybridized carbons (Fsp3) is 0.769. The Morgan fingerprint density at radius 1 is 1.47 bits per heavy atom. The first-order chi connectivity index (χ1) is 8.09. The van der Waals surface area contributed by atoms with E-state index in [1.54, 1.807) is 6.20 Å². The Morgan fingerprint density at radius 2 is 2.12 bits per heavy atom. The predicted octanol–water partition coefficient (Wildman–Crippen LogP) is 3.70. The molecule has 1 aliphatic carbocycles. The van der Waals surface area contributed by atoms with Crippen LogP contribution >= 0.6 is 11.6 Å². The van der Waals surface area contributed by atoms with E-state index in [1.807, 2.05) is 4.68 Å². The highest BCUT2D eigenvalue weighted by molar-refractivity contribution is 6.31. The normalized spacial score (nSPS) is 19.1. The summed E-state index contributed by atoms with van der Waals surface area (Å²) in [5.41, 5.74) is 7.32. The summed E-state index contributed by atoms with van der Waals surface area (Å²) in [6.45, 7) is 4.21. The Kier molecular flexibility index (Phi) is 4.10. The van der Waals surface area contributed by atoms with Crippen LogP contribution in [0.1, 0.15) is 63.7 Å². The molecule has 96 valence electrons. The highest BCUT2D eigenvalue weighted by Crippen LogP contribution is 2.34. The Labute approximate surface area is 108 Å². The van der Waals surface area contributed by atoms with Gasteiger partial charge in [0.15, 0.2) is 0 Å². The van der Waals surface area contributed by atoms with Crippen molar-refractivity contribution in [3.63, 3.8) is 0 Å². The van der Waals surface area contributed by atoms with Crippen LogP contribution in [0.15, 0.2) is 6.20 Å². The second-order valence-electron chi connectivity index (χ2n) is 5.41. The van der Waals surface area contributed by atoms with Crippen LogP contribution in [0.3, 0.4) is 0 Å². The van der Waals surface area contributed by atoms with Gasteiger partial charge in [0, 0.05) is 12.1 Å². The number of halogens is 1. The standard InChI is InChI=1S/C13H22ClN3/c1-9(2)17-13(11(14)8-16-17)12(15)7-10-5-3-4-6-10/h8-10,12H,3-7,15H2,1-2H3. The molecule has 0 aromatic carbocycles. The van der Waals surface area contributed by atoms with Gasteiger partial charge >= 0.3 is 0 Å². The van der Waals surface area contributed by atoms with Gasteiger partial charge in [-0.05, 0) is 26.2 Å². The van der Waals surface area contributed by atoms with Crippen molar-refractivity contribution >= 4 is 11.6 Å². The molecule has 1 aromatic rings.